The Morgan fingerprint density at radius 1 is 0.455 bits per heavy atom. The molecule has 0 saturated carbocycles. The molecule has 2 aliphatic rings. The van der Waals surface area contributed by atoms with E-state index in [4.69, 9.17) is 0 Å². The van der Waals surface area contributed by atoms with Crippen LogP contribution in [0.25, 0.3) is 21.5 Å². The zero-order valence-corrected chi connectivity index (χ0v) is 16.2. The van der Waals surface area contributed by atoms with Crippen LogP contribution in [0.5, 0.6) is 0 Å². The molecule has 6 rings (SSSR count). The van der Waals surface area contributed by atoms with Gasteiger partial charge in [0.25, 0.3) is 23.6 Å². The predicted molar refractivity (Wildman–Crippen MR) is 127 cm³/mol. The lowest BCUT2D eigenvalue weighted by Gasteiger charge is -2.33. The van der Waals surface area contributed by atoms with Crippen molar-refractivity contribution in [2.45, 2.75) is 14.9 Å². The van der Waals surface area contributed by atoms with Crippen molar-refractivity contribution in [3.63, 3.8) is 0 Å². The Balaban J connectivity index is 0.00000130. The van der Waals surface area contributed by atoms with Crippen molar-refractivity contribution >= 4 is 45.2 Å². The van der Waals surface area contributed by atoms with Crippen LogP contribution in [0.1, 0.15) is 56.3 Å². The second kappa shape index (κ2) is 7.67. The lowest BCUT2D eigenvalue weighted by Crippen LogP contribution is -2.51. The molecule has 6 nitrogen and oxygen atoms in total. The summed E-state index contributed by atoms with van der Waals surface area (Å²) in [6, 6.07) is 21.0. The molecular weight excluding hydrogens is 416 g/mol. The first kappa shape index (κ1) is 21.9. The summed E-state index contributed by atoms with van der Waals surface area (Å²) >= 11 is 0. The zero-order chi connectivity index (χ0) is 21.3. The number of rotatable bonds is 2. The van der Waals surface area contributed by atoms with Gasteiger partial charge < -0.3 is 0 Å². The van der Waals surface area contributed by atoms with Crippen LogP contribution in [-0.2, 0) is 0 Å². The van der Waals surface area contributed by atoms with Gasteiger partial charge in [-0.25, -0.2) is 0 Å². The van der Waals surface area contributed by atoms with E-state index in [0.717, 1.165) is 20.6 Å². The lowest BCUT2D eigenvalue weighted by molar-refractivity contribution is 0.0420. The van der Waals surface area contributed by atoms with Gasteiger partial charge in [-0.05, 0) is 35.0 Å². The third-order valence-electron chi connectivity index (χ3n) is 5.99. The molecule has 33 heavy (non-hydrogen) atoms. The SMILES string of the molecule is C.C.O=C1c2cccc3cccc(c23)C(=O)N1CN1C(=O)c2cccc3cccc(c23)C1=O. The van der Waals surface area contributed by atoms with E-state index in [9.17, 15) is 19.2 Å². The Kier molecular flexibility index (Phi) is 5.09. The molecule has 0 saturated heterocycles. The number of hydrogen-bond acceptors (Lipinski definition) is 4. The van der Waals surface area contributed by atoms with Crippen molar-refractivity contribution in [1.29, 1.82) is 0 Å². The van der Waals surface area contributed by atoms with Gasteiger partial charge in [0.05, 0.1) is 0 Å². The number of benzene rings is 4. The average molecular weight is 438 g/mol. The van der Waals surface area contributed by atoms with Crippen molar-refractivity contribution in [3.8, 4) is 0 Å². The molecule has 2 heterocycles. The van der Waals surface area contributed by atoms with Crippen LogP contribution in [0.4, 0.5) is 0 Å². The van der Waals surface area contributed by atoms with E-state index in [1.54, 1.807) is 48.5 Å². The fourth-order valence-electron chi connectivity index (χ4n) is 4.56. The van der Waals surface area contributed by atoms with E-state index in [2.05, 4.69) is 0 Å². The highest BCUT2D eigenvalue weighted by Gasteiger charge is 2.39. The number of nitrogens with zero attached hydrogens (tertiary/aromatic N) is 2. The summed E-state index contributed by atoms with van der Waals surface area (Å²) < 4.78 is 0. The molecule has 0 radical (unpaired) electrons. The first-order chi connectivity index (χ1) is 15.1. The second-order valence-corrected chi connectivity index (χ2v) is 7.64. The molecule has 0 bridgehead atoms. The lowest BCUT2D eigenvalue weighted by atomic mass is 9.93. The molecule has 4 aromatic carbocycles. The van der Waals surface area contributed by atoms with Gasteiger partial charge in [0.2, 0.25) is 0 Å². The highest BCUT2D eigenvalue weighted by Crippen LogP contribution is 2.33. The first-order valence-corrected chi connectivity index (χ1v) is 9.82. The fraction of sp³-hybridized carbons (Fsp3) is 0.111. The quantitative estimate of drug-likeness (QED) is 0.408. The number of amides is 4. The van der Waals surface area contributed by atoms with Gasteiger partial charge in [-0.2, -0.15) is 0 Å². The van der Waals surface area contributed by atoms with Crippen LogP contribution in [0.3, 0.4) is 0 Å². The Labute approximate surface area is 191 Å². The predicted octanol–water partition coefficient (Wildman–Crippen LogP) is 5.11. The summed E-state index contributed by atoms with van der Waals surface area (Å²) in [5.74, 6) is -2.09. The maximum Gasteiger partial charge on any atom is 0.262 e. The molecule has 0 fully saturated rings. The molecule has 0 aromatic heterocycles. The summed E-state index contributed by atoms with van der Waals surface area (Å²) in [7, 11) is 0. The van der Waals surface area contributed by atoms with Crippen LogP contribution >= 0.6 is 0 Å². The van der Waals surface area contributed by atoms with Crippen molar-refractivity contribution in [2.75, 3.05) is 6.67 Å². The number of imide groups is 2. The standard InChI is InChI=1S/C25H14N2O4.2CH4/c28-22-16-9-1-5-14-6-2-10-17(20(14)16)23(29)26(22)13-27-24(30)18-11-3-7-15-8-4-12-19(21(15)18)25(27)31;;/h1-12H,13H2;2*1H4. The normalized spacial score (nSPS) is 14.4. The molecule has 0 unspecified atom stereocenters. The fourth-order valence-corrected chi connectivity index (χ4v) is 4.56. The topological polar surface area (TPSA) is 74.8 Å². The molecule has 0 spiro atoms. The average Bonchev–Trinajstić information content (AvgIpc) is 2.80. The minimum Gasteiger partial charge on any atom is -0.269 e. The van der Waals surface area contributed by atoms with E-state index in [0.29, 0.717) is 33.0 Å². The van der Waals surface area contributed by atoms with Crippen LogP contribution in [0.2, 0.25) is 0 Å². The number of carbonyl (C=O) groups is 4. The highest BCUT2D eigenvalue weighted by atomic mass is 16.2. The van der Waals surface area contributed by atoms with E-state index < -0.39 is 30.3 Å². The Morgan fingerprint density at radius 2 is 0.727 bits per heavy atom. The summed E-state index contributed by atoms with van der Waals surface area (Å²) in [5, 5.41) is 2.79. The van der Waals surface area contributed by atoms with Crippen molar-refractivity contribution in [2.24, 2.45) is 0 Å². The van der Waals surface area contributed by atoms with Crippen LogP contribution in [-0.4, -0.2) is 40.1 Å². The zero-order valence-electron chi connectivity index (χ0n) is 16.2. The second-order valence-electron chi connectivity index (χ2n) is 7.64. The van der Waals surface area contributed by atoms with Crippen LogP contribution in [0, 0.1) is 0 Å². The molecule has 6 heteroatoms. The maximum atomic E-state index is 13.2. The molecule has 4 aromatic rings. The van der Waals surface area contributed by atoms with E-state index in [-0.39, 0.29) is 14.9 Å². The minimum atomic E-state index is -0.521. The maximum absolute atomic E-state index is 13.2. The highest BCUT2D eigenvalue weighted by molar-refractivity contribution is 6.27. The van der Waals surface area contributed by atoms with Gasteiger partial charge in [-0.1, -0.05) is 63.4 Å². The van der Waals surface area contributed by atoms with Gasteiger partial charge in [0.1, 0.15) is 6.67 Å². The van der Waals surface area contributed by atoms with Gasteiger partial charge in [0, 0.05) is 33.0 Å². The van der Waals surface area contributed by atoms with Gasteiger partial charge >= 0.3 is 0 Å². The van der Waals surface area contributed by atoms with Gasteiger partial charge in [0.15, 0.2) is 0 Å². The smallest absolute Gasteiger partial charge is 0.262 e. The minimum absolute atomic E-state index is 0. The summed E-state index contributed by atoms with van der Waals surface area (Å²) in [6.07, 6.45) is 0. The monoisotopic (exact) mass is 438 g/mol. The molecule has 2 aliphatic heterocycles. The third kappa shape index (κ3) is 2.88. The van der Waals surface area contributed by atoms with E-state index in [1.807, 2.05) is 24.3 Å². The van der Waals surface area contributed by atoms with E-state index >= 15 is 0 Å². The molecule has 0 N–H and O–H groups in total. The molecule has 0 aliphatic carbocycles. The molecule has 164 valence electrons. The third-order valence-corrected chi connectivity index (χ3v) is 5.99. The summed E-state index contributed by atoms with van der Waals surface area (Å²) in [6.45, 7) is -0.440. The van der Waals surface area contributed by atoms with Crippen molar-refractivity contribution < 1.29 is 19.2 Å². The number of carbonyl (C=O) groups excluding carboxylic acids is 4. The Bertz CT molecular complexity index is 1290. The van der Waals surface area contributed by atoms with Crippen molar-refractivity contribution in [3.05, 3.63) is 95.1 Å². The number of hydrogen-bond donors (Lipinski definition) is 0. The van der Waals surface area contributed by atoms with Crippen LogP contribution < -0.4 is 0 Å². The van der Waals surface area contributed by atoms with E-state index in [1.165, 1.54) is 0 Å². The van der Waals surface area contributed by atoms with Crippen molar-refractivity contribution in [1.82, 2.24) is 9.80 Å². The van der Waals surface area contributed by atoms with Gasteiger partial charge in [-0.15, -0.1) is 0 Å². The Morgan fingerprint density at radius 3 is 1.00 bits per heavy atom. The molecule has 4 amide bonds. The molecule has 0 atom stereocenters. The Hall–Kier alpha value is -4.32. The summed E-state index contributed by atoms with van der Waals surface area (Å²) in [4.78, 5) is 54.7. The molecular formula is C27H22N2O4. The van der Waals surface area contributed by atoms with Crippen LogP contribution in [0.15, 0.2) is 72.8 Å². The summed E-state index contributed by atoms with van der Waals surface area (Å²) in [5.41, 5.74) is 1.53. The first-order valence-electron chi connectivity index (χ1n) is 9.82. The largest absolute Gasteiger partial charge is 0.269 e. The van der Waals surface area contributed by atoms with Gasteiger partial charge in [-0.3, -0.25) is 29.0 Å².